The molecule has 4 N–H and O–H groups in total. The molecule has 40 heavy (non-hydrogen) atoms. The van der Waals surface area contributed by atoms with Crippen LogP contribution in [0.2, 0.25) is 10.0 Å². The van der Waals surface area contributed by atoms with Gasteiger partial charge in [-0.1, -0.05) is 56.1 Å². The number of hydrogen-bond donors (Lipinski definition) is 3. The van der Waals surface area contributed by atoms with Crippen molar-refractivity contribution in [2.24, 2.45) is 17.1 Å². The van der Waals surface area contributed by atoms with Crippen molar-refractivity contribution in [1.82, 2.24) is 5.32 Å². The molecule has 2 aliphatic heterocycles. The molecule has 1 amide bonds. The number of hydrogen-bond acceptors (Lipinski definition) is 4. The molecule has 3 aliphatic rings. The van der Waals surface area contributed by atoms with E-state index in [9.17, 15) is 9.59 Å². The van der Waals surface area contributed by atoms with E-state index in [0.29, 0.717) is 30.0 Å². The van der Waals surface area contributed by atoms with Crippen LogP contribution in [0.1, 0.15) is 82.8 Å². The maximum atomic E-state index is 15.8. The highest BCUT2D eigenvalue weighted by atomic mass is 35.5. The SMILES string of the molecule is CC(C)(C)C[C@H]1N[C@@H](C(=O)CCC[C@H]2CC[C@H](N)C2)[C@H](c2cccc(Cl)c2F)[C@@]12C(=O)Nc1cc(Cl)c(F)cc12. The molecule has 0 radical (unpaired) electrons. The van der Waals surface area contributed by atoms with Gasteiger partial charge in [0, 0.05) is 30.1 Å². The average Bonchev–Trinajstić information content (AvgIpc) is 3.51. The Bertz CT molecular complexity index is 1330. The minimum atomic E-state index is -1.46. The summed E-state index contributed by atoms with van der Waals surface area (Å²) in [7, 11) is 0. The fraction of sp³-hybridized carbons (Fsp3) is 0.548. The third-order valence-electron chi connectivity index (χ3n) is 8.98. The number of fused-ring (bicyclic) bond motifs is 2. The van der Waals surface area contributed by atoms with Gasteiger partial charge < -0.3 is 16.4 Å². The van der Waals surface area contributed by atoms with Crippen LogP contribution in [0.15, 0.2) is 30.3 Å². The Morgan fingerprint density at radius 3 is 2.58 bits per heavy atom. The van der Waals surface area contributed by atoms with E-state index in [1.54, 1.807) is 12.1 Å². The van der Waals surface area contributed by atoms with E-state index in [1.165, 1.54) is 18.2 Å². The molecule has 1 saturated heterocycles. The summed E-state index contributed by atoms with van der Waals surface area (Å²) in [4.78, 5) is 28.1. The Morgan fingerprint density at radius 1 is 1.15 bits per heavy atom. The quantitative estimate of drug-likeness (QED) is 0.327. The van der Waals surface area contributed by atoms with Crippen molar-refractivity contribution in [1.29, 1.82) is 0 Å². The summed E-state index contributed by atoms with van der Waals surface area (Å²) in [5, 5.41) is 6.13. The van der Waals surface area contributed by atoms with Gasteiger partial charge in [-0.05, 0) is 79.2 Å². The predicted octanol–water partition coefficient (Wildman–Crippen LogP) is 6.89. The van der Waals surface area contributed by atoms with Crippen LogP contribution in [0.3, 0.4) is 0 Å². The number of ketones is 1. The highest BCUT2D eigenvalue weighted by Crippen LogP contribution is 2.57. The smallest absolute Gasteiger partial charge is 0.237 e. The van der Waals surface area contributed by atoms with Gasteiger partial charge in [0.25, 0.3) is 0 Å². The number of carbonyl (C=O) groups is 2. The predicted molar refractivity (Wildman–Crippen MR) is 155 cm³/mol. The molecule has 5 nitrogen and oxygen atoms in total. The highest BCUT2D eigenvalue weighted by Gasteiger charge is 2.66. The number of amides is 1. The van der Waals surface area contributed by atoms with Gasteiger partial charge in [0.1, 0.15) is 22.8 Å². The molecule has 2 aromatic carbocycles. The van der Waals surface area contributed by atoms with Gasteiger partial charge in [-0.2, -0.15) is 0 Å². The molecule has 2 aromatic rings. The zero-order chi connectivity index (χ0) is 29.0. The summed E-state index contributed by atoms with van der Waals surface area (Å²) in [6.45, 7) is 6.11. The Kier molecular flexibility index (Phi) is 8.07. The number of nitrogens with one attached hydrogen (secondary N) is 2. The van der Waals surface area contributed by atoms with Crippen LogP contribution in [0.5, 0.6) is 0 Å². The topological polar surface area (TPSA) is 84.2 Å². The van der Waals surface area contributed by atoms with Gasteiger partial charge in [-0.15, -0.1) is 0 Å². The van der Waals surface area contributed by atoms with Crippen molar-refractivity contribution in [3.63, 3.8) is 0 Å². The minimum Gasteiger partial charge on any atom is -0.328 e. The number of anilines is 1. The Balaban J connectivity index is 1.61. The summed E-state index contributed by atoms with van der Waals surface area (Å²) in [6.07, 6.45) is 5.37. The fourth-order valence-electron chi connectivity index (χ4n) is 7.31. The maximum Gasteiger partial charge on any atom is 0.237 e. The van der Waals surface area contributed by atoms with Gasteiger partial charge in [-0.25, -0.2) is 8.78 Å². The zero-order valence-corrected chi connectivity index (χ0v) is 24.6. The number of Topliss-reactive ketones (excluding diaryl/α,β-unsaturated/α-hetero) is 1. The molecular weight excluding hydrogens is 555 g/mol. The normalized spacial score (nSPS) is 29.7. The summed E-state index contributed by atoms with van der Waals surface area (Å²) in [6, 6.07) is 6.05. The lowest BCUT2D eigenvalue weighted by Crippen LogP contribution is -2.49. The van der Waals surface area contributed by atoms with Crippen LogP contribution in [-0.2, 0) is 15.0 Å². The molecule has 1 aliphatic carbocycles. The molecule has 9 heteroatoms. The molecule has 5 rings (SSSR count). The maximum absolute atomic E-state index is 15.8. The van der Waals surface area contributed by atoms with E-state index in [0.717, 1.165) is 25.7 Å². The Hall–Kier alpha value is -2.06. The lowest BCUT2D eigenvalue weighted by atomic mass is 9.62. The molecule has 216 valence electrons. The van der Waals surface area contributed by atoms with E-state index in [2.05, 4.69) is 10.6 Å². The number of benzene rings is 2. The van der Waals surface area contributed by atoms with Crippen molar-refractivity contribution < 1.29 is 18.4 Å². The largest absolute Gasteiger partial charge is 0.328 e. The van der Waals surface area contributed by atoms with Gasteiger partial charge in [0.05, 0.1) is 16.1 Å². The molecule has 0 aromatic heterocycles. The highest BCUT2D eigenvalue weighted by molar-refractivity contribution is 6.31. The van der Waals surface area contributed by atoms with E-state index >= 15 is 8.78 Å². The summed E-state index contributed by atoms with van der Waals surface area (Å²) in [5.74, 6) is -2.32. The third kappa shape index (κ3) is 5.19. The van der Waals surface area contributed by atoms with Crippen molar-refractivity contribution in [3.8, 4) is 0 Å². The van der Waals surface area contributed by atoms with Crippen LogP contribution in [0.4, 0.5) is 14.5 Å². The minimum absolute atomic E-state index is 0.0989. The van der Waals surface area contributed by atoms with Crippen LogP contribution in [0, 0.1) is 23.0 Å². The molecule has 2 heterocycles. The number of carbonyl (C=O) groups excluding carboxylic acids is 2. The second kappa shape index (κ2) is 11.0. The van der Waals surface area contributed by atoms with Gasteiger partial charge in [0.2, 0.25) is 5.91 Å². The molecule has 2 fully saturated rings. The number of nitrogens with two attached hydrogens (primary N) is 1. The molecule has 0 bridgehead atoms. The first-order chi connectivity index (χ1) is 18.8. The molecule has 6 atom stereocenters. The van der Waals surface area contributed by atoms with Crippen LogP contribution < -0.4 is 16.4 Å². The van der Waals surface area contributed by atoms with Gasteiger partial charge in [0.15, 0.2) is 0 Å². The lowest BCUT2D eigenvalue weighted by molar-refractivity contribution is -0.122. The molecule has 0 unspecified atom stereocenters. The fourth-order valence-corrected chi connectivity index (χ4v) is 7.66. The number of halogens is 4. The Morgan fingerprint density at radius 2 is 1.90 bits per heavy atom. The number of rotatable bonds is 7. The standard InChI is InChI=1S/C31H37Cl2F2N3O2/c1-30(2,3)15-25-31(19-13-22(34)21(33)14-23(19)37-29(31)40)26(18-7-5-8-20(32)27(18)35)28(38-25)24(39)9-4-6-16-10-11-17(36)12-16/h5,7-8,13-14,16-17,25-26,28,38H,4,6,9-12,15,36H2,1-3H3,(H,37,40)/t16-,17-,25+,26-,28-,31-/m0/s1. The Labute approximate surface area is 244 Å². The second-order valence-corrected chi connectivity index (χ2v) is 13.8. The van der Waals surface area contributed by atoms with Gasteiger partial charge >= 0.3 is 0 Å². The first kappa shape index (κ1) is 29.4. The van der Waals surface area contributed by atoms with E-state index in [1.807, 2.05) is 20.8 Å². The van der Waals surface area contributed by atoms with Crippen molar-refractivity contribution in [3.05, 3.63) is 63.1 Å². The first-order valence-corrected chi connectivity index (χ1v) is 14.9. The van der Waals surface area contributed by atoms with E-state index in [-0.39, 0.29) is 39.3 Å². The first-order valence-electron chi connectivity index (χ1n) is 14.1. The van der Waals surface area contributed by atoms with E-state index in [4.69, 9.17) is 28.9 Å². The summed E-state index contributed by atoms with van der Waals surface area (Å²) < 4.78 is 30.8. The average molecular weight is 593 g/mol. The van der Waals surface area contributed by atoms with Crippen LogP contribution in [0.25, 0.3) is 0 Å². The zero-order valence-electron chi connectivity index (χ0n) is 23.1. The van der Waals surface area contributed by atoms with Crippen molar-refractivity contribution in [2.45, 2.75) is 95.2 Å². The summed E-state index contributed by atoms with van der Waals surface area (Å²) in [5.41, 5.74) is 5.25. The molecular formula is C31H37Cl2F2N3O2. The molecule has 1 saturated carbocycles. The third-order valence-corrected chi connectivity index (χ3v) is 9.56. The molecule has 1 spiro atoms. The van der Waals surface area contributed by atoms with Crippen LogP contribution in [-0.4, -0.2) is 29.8 Å². The van der Waals surface area contributed by atoms with Crippen molar-refractivity contribution >= 4 is 40.6 Å². The van der Waals surface area contributed by atoms with Crippen molar-refractivity contribution in [2.75, 3.05) is 5.32 Å². The lowest BCUT2D eigenvalue weighted by Gasteiger charge is -2.37. The monoisotopic (exact) mass is 591 g/mol. The van der Waals surface area contributed by atoms with Gasteiger partial charge in [-0.3, -0.25) is 9.59 Å². The second-order valence-electron chi connectivity index (χ2n) is 13.0. The van der Waals surface area contributed by atoms with Crippen LogP contribution >= 0.6 is 23.2 Å². The summed E-state index contributed by atoms with van der Waals surface area (Å²) >= 11 is 12.3. The van der Waals surface area contributed by atoms with E-state index < -0.39 is 41.0 Å².